The Hall–Kier alpha value is -0.641. The van der Waals surface area contributed by atoms with Crippen LogP contribution in [0.5, 0.6) is 0 Å². The molecule has 0 saturated heterocycles. The number of halogens is 2. The number of hydrogen-bond donors (Lipinski definition) is 0. The number of hydrogen-bond acceptors (Lipinski definition) is 0. The summed E-state index contributed by atoms with van der Waals surface area (Å²) < 4.78 is 9.54. The van der Waals surface area contributed by atoms with E-state index in [1.807, 2.05) is 0 Å². The van der Waals surface area contributed by atoms with Gasteiger partial charge in [0.1, 0.15) is 0 Å². The molecule has 1 aromatic carbocycles. The van der Waals surface area contributed by atoms with Gasteiger partial charge in [0, 0.05) is 76.4 Å². The van der Waals surface area contributed by atoms with Gasteiger partial charge in [0.15, 0.2) is 0 Å². The molecule has 8 heteroatoms. The quantitative estimate of drug-likeness (QED) is 0.147. The fourth-order valence-corrected chi connectivity index (χ4v) is 13.2. The predicted octanol–water partition coefficient (Wildman–Crippen LogP) is 5.26. The summed E-state index contributed by atoms with van der Waals surface area (Å²) in [4.78, 5) is 0. The van der Waals surface area contributed by atoms with Crippen LogP contribution in [0.4, 0.5) is 0 Å². The average molecular weight is 1360 g/mol. The van der Waals surface area contributed by atoms with E-state index in [0.717, 1.165) is 35.5 Å². The van der Waals surface area contributed by atoms with Crippen LogP contribution in [0.3, 0.4) is 0 Å². The van der Waals surface area contributed by atoms with Crippen molar-refractivity contribution in [3.05, 3.63) is 109 Å². The van der Waals surface area contributed by atoms with Crippen LogP contribution >= 0.6 is 0 Å². The van der Waals surface area contributed by atoms with Crippen molar-refractivity contribution in [1.82, 2.24) is 9.13 Å². The number of aryl methyl sites for hydroxylation is 2. The smallest absolute Gasteiger partial charge is 0.243 e. The monoisotopic (exact) mass is 1360 g/mol. The minimum Gasteiger partial charge on any atom is -1.00 e. The van der Waals surface area contributed by atoms with Gasteiger partial charge in [-0.2, -0.15) is 0 Å². The Kier molecular flexibility index (Phi) is 18.0. The zero-order valence-corrected chi connectivity index (χ0v) is 44.0. The summed E-state index contributed by atoms with van der Waals surface area (Å²) in [6.07, 6.45) is 61.9. The molecule has 13 rings (SSSR count). The van der Waals surface area contributed by atoms with Crippen LogP contribution in [0.25, 0.3) is 11.4 Å². The maximum absolute atomic E-state index is 3.83. The van der Waals surface area contributed by atoms with Gasteiger partial charge in [-0.25, -0.2) is 0 Å². The Balaban J connectivity index is 0.000000271. The molecule has 0 spiro atoms. The molecule has 2 radical (unpaired) electrons. The number of nitrogens with zero attached hydrogens (tertiary/aromatic N) is 4. The van der Waals surface area contributed by atoms with E-state index in [4.69, 9.17) is 0 Å². The molecule has 4 nitrogen and oxygen atoms in total. The van der Waals surface area contributed by atoms with Crippen LogP contribution in [-0.4, -0.2) is 9.13 Å². The van der Waals surface area contributed by atoms with Crippen LogP contribution in [0.15, 0.2) is 85.5 Å². The molecule has 58 heavy (non-hydrogen) atoms. The molecule has 0 atom stereocenters. The van der Waals surface area contributed by atoms with Crippen LogP contribution in [0, 0.1) is 62.0 Å². The second kappa shape index (κ2) is 21.6. The van der Waals surface area contributed by atoms with Crippen LogP contribution in [-0.2, 0) is 51.3 Å². The SMILES string of the molecule is C1=C\CC/C=C\CC/1.C1=C\CC/C=C\CC/1.Cc1cc(C)c(-[n+]2[c-]n(C34CC5CC(CC(C5)C3)C4)cc2)cc1-[n+]1[c-]n(C23CC4CC(CC(C4)C2)C3)cc1.[I-].[I-].[Ir].[Ir]. The summed E-state index contributed by atoms with van der Waals surface area (Å²) >= 11 is 0. The molecule has 8 bridgehead atoms. The Labute approximate surface area is 412 Å². The maximum Gasteiger partial charge on any atom is 0.243 e. The topological polar surface area (TPSA) is 17.6 Å². The van der Waals surface area contributed by atoms with Gasteiger partial charge in [-0.15, -0.1) is 0 Å². The summed E-state index contributed by atoms with van der Waals surface area (Å²) in [7, 11) is 0. The maximum atomic E-state index is 3.83. The fraction of sp³-hybridized carbons (Fsp3) is 0.600. The van der Waals surface area contributed by atoms with Crippen molar-refractivity contribution in [3.63, 3.8) is 0 Å². The first-order chi connectivity index (χ1) is 26.4. The molecule has 8 fully saturated rings. The molecule has 0 amide bonds. The summed E-state index contributed by atoms with van der Waals surface area (Å²) in [5, 5.41) is 0. The van der Waals surface area contributed by atoms with E-state index in [9.17, 15) is 0 Å². The molecule has 0 aliphatic heterocycles. The van der Waals surface area contributed by atoms with Crippen molar-refractivity contribution in [2.75, 3.05) is 0 Å². The van der Waals surface area contributed by atoms with Crippen LogP contribution in [0.1, 0.15) is 140 Å². The van der Waals surface area contributed by atoms with Gasteiger partial charge in [-0.3, -0.25) is 0 Å². The molecule has 3 aromatic rings. The number of allylic oxidation sites excluding steroid dienone is 8. The Morgan fingerprint density at radius 2 is 0.707 bits per heavy atom. The normalized spacial score (nSPS) is 34.2. The number of benzene rings is 1. The number of imidazole rings is 2. The summed E-state index contributed by atoms with van der Waals surface area (Å²) in [6.45, 7) is 4.51. The van der Waals surface area contributed by atoms with Gasteiger partial charge in [0.25, 0.3) is 0 Å². The Morgan fingerprint density at radius 3 is 0.966 bits per heavy atom. The van der Waals surface area contributed by atoms with E-state index in [-0.39, 0.29) is 88.2 Å². The third-order valence-electron chi connectivity index (χ3n) is 14.9. The first-order valence-electron chi connectivity index (χ1n) is 22.2. The fourth-order valence-electron chi connectivity index (χ4n) is 13.2. The molecular weight excluding hydrogens is 1290 g/mol. The third kappa shape index (κ3) is 10.7. The Bertz CT molecular complexity index is 1650. The van der Waals surface area contributed by atoms with Gasteiger partial charge in [0.2, 0.25) is 12.7 Å². The van der Waals surface area contributed by atoms with Gasteiger partial charge in [-0.05, 0) is 189 Å². The first-order valence-corrected chi connectivity index (χ1v) is 22.2. The second-order valence-electron chi connectivity index (χ2n) is 19.2. The minimum absolute atomic E-state index is 0. The third-order valence-corrected chi connectivity index (χ3v) is 14.9. The second-order valence-corrected chi connectivity index (χ2v) is 19.2. The van der Waals surface area contributed by atoms with Gasteiger partial charge < -0.3 is 66.2 Å². The summed E-state index contributed by atoms with van der Waals surface area (Å²) in [6, 6.07) is 4.74. The van der Waals surface area contributed by atoms with Gasteiger partial charge >= 0.3 is 0 Å². The van der Waals surface area contributed by atoms with Crippen LogP contribution in [0.2, 0.25) is 0 Å². The molecule has 2 aromatic heterocycles. The van der Waals surface area contributed by atoms with Crippen molar-refractivity contribution in [3.8, 4) is 11.4 Å². The van der Waals surface area contributed by atoms with E-state index in [0.29, 0.717) is 11.1 Å². The van der Waals surface area contributed by atoms with Crippen molar-refractivity contribution in [1.29, 1.82) is 0 Å². The summed E-state index contributed by atoms with van der Waals surface area (Å²) in [5.41, 5.74) is 5.77. The van der Waals surface area contributed by atoms with Crippen molar-refractivity contribution in [2.24, 2.45) is 35.5 Å². The van der Waals surface area contributed by atoms with E-state index in [2.05, 4.69) is 130 Å². The van der Waals surface area contributed by atoms with E-state index >= 15 is 0 Å². The zero-order valence-electron chi connectivity index (χ0n) is 34.9. The molecule has 0 unspecified atom stereocenters. The van der Waals surface area contributed by atoms with Gasteiger partial charge in [-0.1, -0.05) is 60.7 Å². The molecular formula is C50H66I2Ir2N4-2. The standard InChI is InChI=1S/C34H42N4.2C8H12.2HI.2Ir/c1-23-7-24(2)32(36-4-6-38(22-36)34-18-28-11-29(19-34)13-30(12-28)20-34)14-31(23)35-3-5-37(21-35)33-15-25-8-26(16-33)10-27(9-25)17-33;2*1-2-4-6-8-7-5-3-1;;;;/h3-7,14,25-30H,8-13,15-20H2,1-2H3;2*1-2,7-8H,3-6H2;2*1H;;/p-2/b;2*2-1-,8-7-;;;;. The number of aromatic nitrogens is 4. The molecule has 8 saturated carbocycles. The minimum atomic E-state index is 0. The van der Waals surface area contributed by atoms with Crippen molar-refractivity contribution < 1.29 is 97.3 Å². The molecule has 10 aliphatic carbocycles. The molecule has 0 N–H and O–H groups in total. The molecule has 320 valence electrons. The summed E-state index contributed by atoms with van der Waals surface area (Å²) in [5.74, 6) is 5.68. The molecule has 10 aliphatic rings. The largest absolute Gasteiger partial charge is 1.00 e. The first kappa shape index (κ1) is 48.4. The average Bonchev–Trinajstić information content (AvgIpc) is 3.80. The van der Waals surface area contributed by atoms with Gasteiger partial charge in [0.05, 0.1) is 11.1 Å². The van der Waals surface area contributed by atoms with E-state index in [1.165, 1.54) is 151 Å². The van der Waals surface area contributed by atoms with Crippen molar-refractivity contribution in [2.45, 2.75) is 153 Å². The Morgan fingerprint density at radius 1 is 0.448 bits per heavy atom. The van der Waals surface area contributed by atoms with E-state index < -0.39 is 0 Å². The number of rotatable bonds is 4. The zero-order chi connectivity index (χ0) is 36.5. The van der Waals surface area contributed by atoms with E-state index in [1.54, 1.807) is 0 Å². The molecule has 2 heterocycles. The van der Waals surface area contributed by atoms with Crippen molar-refractivity contribution >= 4 is 0 Å². The van der Waals surface area contributed by atoms with Crippen LogP contribution < -0.4 is 57.1 Å². The predicted molar refractivity (Wildman–Crippen MR) is 218 cm³/mol.